The molecule has 0 aromatic rings. The van der Waals surface area contributed by atoms with Crippen molar-refractivity contribution >= 4 is 11.9 Å². The number of aliphatic carboxylic acids is 1. The molecule has 0 saturated heterocycles. The Labute approximate surface area is 95.3 Å². The molecule has 0 rings (SSSR count). The van der Waals surface area contributed by atoms with Gasteiger partial charge in [0, 0.05) is 0 Å². The minimum Gasteiger partial charge on any atom is -0.480 e. The molecule has 0 aliphatic carbocycles. The van der Waals surface area contributed by atoms with Crippen LogP contribution in [0.15, 0.2) is 0 Å². The maximum absolute atomic E-state index is 11.6. The summed E-state index contributed by atoms with van der Waals surface area (Å²) in [6.07, 6.45) is 1.20. The first-order chi connectivity index (χ1) is 7.45. The smallest absolute Gasteiger partial charge is 0.324 e. The number of hydrazine groups is 1. The maximum atomic E-state index is 11.6. The Morgan fingerprint density at radius 3 is 2.38 bits per heavy atom. The standard InChI is InChI=1S/C10H20N2O4/c1-4-6-8(10(15)16-5-2)12(11)7(3)9(13)14/h7-8H,4-6,11H2,1-3H3,(H,13,14)/t7-,8-/m0/s1. The van der Waals surface area contributed by atoms with E-state index in [1.54, 1.807) is 6.92 Å². The quantitative estimate of drug-likeness (QED) is 0.374. The van der Waals surface area contributed by atoms with Crippen LogP contribution in [-0.2, 0) is 14.3 Å². The van der Waals surface area contributed by atoms with E-state index < -0.39 is 24.0 Å². The molecule has 0 radical (unpaired) electrons. The van der Waals surface area contributed by atoms with E-state index in [1.807, 2.05) is 6.92 Å². The molecule has 0 aliphatic heterocycles. The van der Waals surface area contributed by atoms with Gasteiger partial charge in [0.2, 0.25) is 0 Å². The summed E-state index contributed by atoms with van der Waals surface area (Å²) in [7, 11) is 0. The molecule has 0 aliphatic rings. The van der Waals surface area contributed by atoms with Crippen molar-refractivity contribution in [2.24, 2.45) is 5.84 Å². The van der Waals surface area contributed by atoms with E-state index in [0.29, 0.717) is 6.42 Å². The Balaban J connectivity index is 4.62. The Kier molecular flexibility index (Phi) is 6.67. The predicted molar refractivity (Wildman–Crippen MR) is 58.5 cm³/mol. The molecular formula is C10H20N2O4. The van der Waals surface area contributed by atoms with Crippen molar-refractivity contribution in [2.75, 3.05) is 6.61 Å². The molecule has 0 fully saturated rings. The van der Waals surface area contributed by atoms with Crippen molar-refractivity contribution < 1.29 is 19.4 Å². The fourth-order valence-electron chi connectivity index (χ4n) is 1.30. The van der Waals surface area contributed by atoms with Gasteiger partial charge in [-0.1, -0.05) is 13.3 Å². The molecule has 16 heavy (non-hydrogen) atoms. The highest BCUT2D eigenvalue weighted by Gasteiger charge is 2.30. The topological polar surface area (TPSA) is 92.9 Å². The average Bonchev–Trinajstić information content (AvgIpc) is 2.24. The number of carboxylic acid groups (broad SMARTS) is 1. The lowest BCUT2D eigenvalue weighted by Gasteiger charge is -2.28. The molecule has 6 heteroatoms. The van der Waals surface area contributed by atoms with Crippen LogP contribution in [0.25, 0.3) is 0 Å². The second kappa shape index (κ2) is 7.19. The summed E-state index contributed by atoms with van der Waals surface area (Å²) in [6, 6.07) is -1.61. The number of nitrogens with two attached hydrogens (primary N) is 1. The largest absolute Gasteiger partial charge is 0.480 e. The van der Waals surface area contributed by atoms with Crippen LogP contribution in [0.2, 0.25) is 0 Å². The fourth-order valence-corrected chi connectivity index (χ4v) is 1.30. The number of ether oxygens (including phenoxy) is 1. The van der Waals surface area contributed by atoms with Crippen LogP contribution in [0.5, 0.6) is 0 Å². The zero-order chi connectivity index (χ0) is 12.7. The van der Waals surface area contributed by atoms with Gasteiger partial charge in [-0.2, -0.15) is 0 Å². The molecule has 3 N–H and O–H groups in total. The number of nitrogens with zero attached hydrogens (tertiary/aromatic N) is 1. The van der Waals surface area contributed by atoms with E-state index >= 15 is 0 Å². The minimum atomic E-state index is -1.06. The number of esters is 1. The predicted octanol–water partition coefficient (Wildman–Crippen LogP) is 0.367. The van der Waals surface area contributed by atoms with Crippen molar-refractivity contribution in [3.05, 3.63) is 0 Å². The average molecular weight is 232 g/mol. The van der Waals surface area contributed by atoms with E-state index in [9.17, 15) is 9.59 Å². The van der Waals surface area contributed by atoms with Crippen molar-refractivity contribution in [3.8, 4) is 0 Å². The van der Waals surface area contributed by atoms with Gasteiger partial charge in [-0.15, -0.1) is 0 Å². The number of hydrogen-bond donors (Lipinski definition) is 2. The van der Waals surface area contributed by atoms with E-state index in [-0.39, 0.29) is 6.61 Å². The minimum absolute atomic E-state index is 0.258. The molecule has 0 bridgehead atoms. The van der Waals surface area contributed by atoms with Crippen molar-refractivity contribution in [1.82, 2.24) is 5.01 Å². The van der Waals surface area contributed by atoms with Crippen LogP contribution < -0.4 is 5.84 Å². The molecule has 0 spiro atoms. The summed E-state index contributed by atoms with van der Waals surface area (Å²) < 4.78 is 4.85. The maximum Gasteiger partial charge on any atom is 0.324 e. The highest BCUT2D eigenvalue weighted by atomic mass is 16.5. The molecular weight excluding hydrogens is 212 g/mol. The first-order valence-corrected chi connectivity index (χ1v) is 5.38. The second-order valence-electron chi connectivity index (χ2n) is 3.52. The molecule has 6 nitrogen and oxygen atoms in total. The van der Waals surface area contributed by atoms with E-state index in [2.05, 4.69) is 0 Å². The van der Waals surface area contributed by atoms with Gasteiger partial charge in [0.05, 0.1) is 6.61 Å². The Morgan fingerprint density at radius 2 is 2.00 bits per heavy atom. The third kappa shape index (κ3) is 4.16. The van der Waals surface area contributed by atoms with Crippen LogP contribution in [-0.4, -0.2) is 40.7 Å². The molecule has 94 valence electrons. The monoisotopic (exact) mass is 232 g/mol. The summed E-state index contributed by atoms with van der Waals surface area (Å²) in [4.78, 5) is 22.3. The molecule has 0 aromatic carbocycles. The van der Waals surface area contributed by atoms with Gasteiger partial charge in [0.25, 0.3) is 0 Å². The number of carbonyl (C=O) groups is 2. The van der Waals surface area contributed by atoms with Crippen molar-refractivity contribution in [2.45, 2.75) is 45.7 Å². The van der Waals surface area contributed by atoms with Gasteiger partial charge in [0.15, 0.2) is 0 Å². The van der Waals surface area contributed by atoms with E-state index in [4.69, 9.17) is 15.7 Å². The second-order valence-corrected chi connectivity index (χ2v) is 3.52. The van der Waals surface area contributed by atoms with Gasteiger partial charge >= 0.3 is 11.9 Å². The number of carboxylic acids is 1. The zero-order valence-electron chi connectivity index (χ0n) is 9.97. The van der Waals surface area contributed by atoms with E-state index in [1.165, 1.54) is 6.92 Å². The van der Waals surface area contributed by atoms with Crippen LogP contribution >= 0.6 is 0 Å². The van der Waals surface area contributed by atoms with Gasteiger partial charge in [-0.05, 0) is 20.3 Å². The van der Waals surface area contributed by atoms with Crippen LogP contribution in [0.4, 0.5) is 0 Å². The number of rotatable bonds is 7. The Bertz CT molecular complexity index is 245. The Hall–Kier alpha value is -1.14. The highest BCUT2D eigenvalue weighted by Crippen LogP contribution is 2.09. The molecule has 0 heterocycles. The molecule has 2 atom stereocenters. The van der Waals surface area contributed by atoms with Gasteiger partial charge < -0.3 is 9.84 Å². The molecule has 0 saturated carbocycles. The molecule has 0 aromatic heterocycles. The number of hydrogen-bond acceptors (Lipinski definition) is 5. The lowest BCUT2D eigenvalue weighted by Crippen LogP contribution is -2.54. The third-order valence-corrected chi connectivity index (χ3v) is 2.29. The highest BCUT2D eigenvalue weighted by molar-refractivity contribution is 5.78. The van der Waals surface area contributed by atoms with Gasteiger partial charge in [-0.3, -0.25) is 15.4 Å². The lowest BCUT2D eigenvalue weighted by molar-refractivity contribution is -0.154. The zero-order valence-corrected chi connectivity index (χ0v) is 9.97. The first kappa shape index (κ1) is 14.9. The number of carbonyl (C=O) groups excluding carboxylic acids is 1. The Morgan fingerprint density at radius 1 is 1.44 bits per heavy atom. The summed E-state index contributed by atoms with van der Waals surface area (Å²) in [6.45, 7) is 5.28. The van der Waals surface area contributed by atoms with E-state index in [0.717, 1.165) is 11.4 Å². The summed E-state index contributed by atoms with van der Waals surface area (Å²) in [5, 5.41) is 9.85. The summed E-state index contributed by atoms with van der Waals surface area (Å²) >= 11 is 0. The first-order valence-electron chi connectivity index (χ1n) is 5.38. The molecule has 0 unspecified atom stereocenters. The van der Waals surface area contributed by atoms with Crippen molar-refractivity contribution in [3.63, 3.8) is 0 Å². The fraction of sp³-hybridized carbons (Fsp3) is 0.800. The molecule has 0 amide bonds. The summed E-state index contributed by atoms with van der Waals surface area (Å²) in [5.41, 5.74) is 0. The van der Waals surface area contributed by atoms with Crippen LogP contribution in [0, 0.1) is 0 Å². The SMILES string of the molecule is CCC[C@@H](C(=O)OCC)N(N)[C@@H](C)C(=O)O. The third-order valence-electron chi connectivity index (χ3n) is 2.29. The van der Waals surface area contributed by atoms with Crippen LogP contribution in [0.1, 0.15) is 33.6 Å². The lowest BCUT2D eigenvalue weighted by atomic mass is 10.1. The normalized spacial score (nSPS) is 14.6. The van der Waals surface area contributed by atoms with Gasteiger partial charge in [0.1, 0.15) is 12.1 Å². The van der Waals surface area contributed by atoms with Gasteiger partial charge in [-0.25, -0.2) is 5.01 Å². The van der Waals surface area contributed by atoms with Crippen LogP contribution in [0.3, 0.4) is 0 Å². The van der Waals surface area contributed by atoms with Crippen molar-refractivity contribution in [1.29, 1.82) is 0 Å². The summed E-state index contributed by atoms with van der Waals surface area (Å²) in [5.74, 6) is 4.10.